The fourth-order valence-corrected chi connectivity index (χ4v) is 3.83. The molecule has 1 aromatic heterocycles. The van der Waals surface area contributed by atoms with Crippen molar-refractivity contribution in [3.63, 3.8) is 0 Å². The van der Waals surface area contributed by atoms with Gasteiger partial charge in [-0.05, 0) is 50.9 Å². The monoisotopic (exact) mass is 327 g/mol. The van der Waals surface area contributed by atoms with Crippen LogP contribution < -0.4 is 0 Å². The van der Waals surface area contributed by atoms with E-state index in [1.54, 1.807) is 6.33 Å². The van der Waals surface area contributed by atoms with E-state index in [1.807, 2.05) is 0 Å². The summed E-state index contributed by atoms with van der Waals surface area (Å²) in [4.78, 5) is 5.11. The topological polar surface area (TPSA) is 30.7 Å². The summed E-state index contributed by atoms with van der Waals surface area (Å²) < 4.78 is 2.07. The second-order valence-electron chi connectivity index (χ2n) is 6.51. The summed E-state index contributed by atoms with van der Waals surface area (Å²) in [7, 11) is 0. The highest BCUT2D eigenvalue weighted by molar-refractivity contribution is 9.09. The maximum absolute atomic E-state index is 4.47. The third kappa shape index (κ3) is 3.59. The first-order chi connectivity index (χ1) is 8.99. The van der Waals surface area contributed by atoms with Gasteiger partial charge in [-0.3, -0.25) is 0 Å². The lowest BCUT2D eigenvalue weighted by atomic mass is 9.75. The van der Waals surface area contributed by atoms with Crippen LogP contribution in [0.15, 0.2) is 6.33 Å². The number of nitrogens with zero attached hydrogens (tertiary/aromatic N) is 3. The van der Waals surface area contributed by atoms with E-state index in [-0.39, 0.29) is 0 Å². The van der Waals surface area contributed by atoms with Crippen molar-refractivity contribution < 1.29 is 0 Å². The summed E-state index contributed by atoms with van der Waals surface area (Å²) in [6.07, 6.45) is 6.72. The molecule has 1 aromatic rings. The van der Waals surface area contributed by atoms with Gasteiger partial charge in [0.25, 0.3) is 0 Å². The van der Waals surface area contributed by atoms with Crippen LogP contribution in [0.3, 0.4) is 0 Å². The standard InChI is InChI=1S/C15H26BrN3/c1-10(2)12-5-6-14(16)13(7-12)8-15-17-9-18-19(15)11(3)4/h9-14H,5-8H2,1-4H3. The largest absolute Gasteiger partial charge is 0.248 e. The van der Waals surface area contributed by atoms with Gasteiger partial charge in [-0.2, -0.15) is 5.10 Å². The minimum atomic E-state index is 0.399. The first-order valence-electron chi connectivity index (χ1n) is 7.51. The van der Waals surface area contributed by atoms with Gasteiger partial charge in [0.05, 0.1) is 0 Å². The Morgan fingerprint density at radius 2 is 2.05 bits per heavy atom. The average Bonchev–Trinajstić information content (AvgIpc) is 2.80. The third-order valence-corrected chi connectivity index (χ3v) is 5.66. The highest BCUT2D eigenvalue weighted by Crippen LogP contribution is 2.38. The molecular weight excluding hydrogens is 302 g/mol. The molecule has 0 amide bonds. The Labute approximate surface area is 125 Å². The number of aromatic nitrogens is 3. The zero-order valence-electron chi connectivity index (χ0n) is 12.5. The molecule has 3 nitrogen and oxygen atoms in total. The smallest absolute Gasteiger partial charge is 0.138 e. The molecule has 19 heavy (non-hydrogen) atoms. The molecule has 108 valence electrons. The molecule has 0 N–H and O–H groups in total. The Balaban J connectivity index is 2.06. The summed E-state index contributed by atoms with van der Waals surface area (Å²) in [6, 6.07) is 0.399. The van der Waals surface area contributed by atoms with Crippen molar-refractivity contribution in [2.24, 2.45) is 17.8 Å². The lowest BCUT2D eigenvalue weighted by Gasteiger charge is -2.35. The van der Waals surface area contributed by atoms with E-state index in [2.05, 4.69) is 58.4 Å². The molecule has 1 fully saturated rings. The maximum Gasteiger partial charge on any atom is 0.138 e. The highest BCUT2D eigenvalue weighted by atomic mass is 79.9. The summed E-state index contributed by atoms with van der Waals surface area (Å²) >= 11 is 3.88. The fraction of sp³-hybridized carbons (Fsp3) is 0.867. The fourth-order valence-electron chi connectivity index (χ4n) is 3.17. The molecule has 0 spiro atoms. The Morgan fingerprint density at radius 3 is 2.68 bits per heavy atom. The number of alkyl halides is 1. The van der Waals surface area contributed by atoms with Gasteiger partial charge in [-0.25, -0.2) is 9.67 Å². The van der Waals surface area contributed by atoms with Crippen molar-refractivity contribution >= 4 is 15.9 Å². The Morgan fingerprint density at radius 1 is 1.32 bits per heavy atom. The molecule has 1 aliphatic carbocycles. The van der Waals surface area contributed by atoms with Crippen molar-refractivity contribution in [2.45, 2.75) is 64.2 Å². The number of halogens is 1. The van der Waals surface area contributed by atoms with Crippen LogP contribution in [0.2, 0.25) is 0 Å². The van der Waals surface area contributed by atoms with Crippen LogP contribution >= 0.6 is 15.9 Å². The van der Waals surface area contributed by atoms with Crippen LogP contribution in [0.25, 0.3) is 0 Å². The summed E-state index contributed by atoms with van der Waals surface area (Å²) in [5.41, 5.74) is 0. The summed E-state index contributed by atoms with van der Waals surface area (Å²) in [6.45, 7) is 9.04. The Hall–Kier alpha value is -0.380. The zero-order chi connectivity index (χ0) is 14.0. The molecule has 0 radical (unpaired) electrons. The van der Waals surface area contributed by atoms with Gasteiger partial charge < -0.3 is 0 Å². The molecule has 3 atom stereocenters. The van der Waals surface area contributed by atoms with Crippen molar-refractivity contribution in [3.8, 4) is 0 Å². The van der Waals surface area contributed by atoms with Crippen molar-refractivity contribution in [2.75, 3.05) is 0 Å². The minimum absolute atomic E-state index is 0.399. The van der Waals surface area contributed by atoms with E-state index < -0.39 is 0 Å². The van der Waals surface area contributed by atoms with E-state index in [9.17, 15) is 0 Å². The van der Waals surface area contributed by atoms with Crippen molar-refractivity contribution in [1.29, 1.82) is 0 Å². The van der Waals surface area contributed by atoms with E-state index in [1.165, 1.54) is 19.3 Å². The van der Waals surface area contributed by atoms with Crippen LogP contribution in [-0.2, 0) is 6.42 Å². The lowest BCUT2D eigenvalue weighted by Crippen LogP contribution is -2.30. The van der Waals surface area contributed by atoms with E-state index in [0.29, 0.717) is 16.8 Å². The van der Waals surface area contributed by atoms with Gasteiger partial charge in [0.1, 0.15) is 12.2 Å². The van der Waals surface area contributed by atoms with Crippen LogP contribution in [0, 0.1) is 17.8 Å². The lowest BCUT2D eigenvalue weighted by molar-refractivity contribution is 0.219. The van der Waals surface area contributed by atoms with Gasteiger partial charge in [-0.15, -0.1) is 0 Å². The molecule has 0 aliphatic heterocycles. The van der Waals surface area contributed by atoms with Crippen LogP contribution in [0.1, 0.15) is 58.8 Å². The first kappa shape index (κ1) is 15.0. The second kappa shape index (κ2) is 6.38. The zero-order valence-corrected chi connectivity index (χ0v) is 14.1. The molecule has 1 saturated carbocycles. The van der Waals surface area contributed by atoms with Gasteiger partial charge in [0.2, 0.25) is 0 Å². The molecule has 0 aromatic carbocycles. The molecular formula is C15H26BrN3. The second-order valence-corrected chi connectivity index (χ2v) is 7.69. The van der Waals surface area contributed by atoms with Crippen LogP contribution in [0.5, 0.6) is 0 Å². The van der Waals surface area contributed by atoms with Crippen LogP contribution in [0.4, 0.5) is 0 Å². The predicted octanol–water partition coefficient (Wildman–Crippen LogP) is 4.24. The van der Waals surface area contributed by atoms with Crippen molar-refractivity contribution in [1.82, 2.24) is 14.8 Å². The van der Waals surface area contributed by atoms with Crippen molar-refractivity contribution in [3.05, 3.63) is 12.2 Å². The van der Waals surface area contributed by atoms with Gasteiger partial charge in [0, 0.05) is 17.3 Å². The normalized spacial score (nSPS) is 28.3. The molecule has 4 heteroatoms. The molecule has 1 heterocycles. The Kier molecular flexibility index (Phi) is 5.04. The average molecular weight is 328 g/mol. The molecule has 0 saturated heterocycles. The van der Waals surface area contributed by atoms with E-state index >= 15 is 0 Å². The summed E-state index contributed by atoms with van der Waals surface area (Å²) in [5.74, 6) is 3.51. The third-order valence-electron chi connectivity index (χ3n) is 4.45. The first-order valence-corrected chi connectivity index (χ1v) is 8.43. The van der Waals surface area contributed by atoms with Gasteiger partial charge in [-0.1, -0.05) is 29.8 Å². The van der Waals surface area contributed by atoms with E-state index in [4.69, 9.17) is 0 Å². The molecule has 0 bridgehead atoms. The van der Waals surface area contributed by atoms with Gasteiger partial charge >= 0.3 is 0 Å². The Bertz CT molecular complexity index is 400. The van der Waals surface area contributed by atoms with Crippen LogP contribution in [-0.4, -0.2) is 19.6 Å². The molecule has 2 rings (SSSR count). The molecule has 3 unspecified atom stereocenters. The number of hydrogen-bond donors (Lipinski definition) is 0. The van der Waals surface area contributed by atoms with Gasteiger partial charge in [0.15, 0.2) is 0 Å². The predicted molar refractivity (Wildman–Crippen MR) is 82.5 cm³/mol. The SMILES string of the molecule is CC(C)C1CCC(Br)C(Cc2ncnn2C(C)C)C1. The number of hydrogen-bond acceptors (Lipinski definition) is 2. The molecule has 1 aliphatic rings. The highest BCUT2D eigenvalue weighted by Gasteiger charge is 2.31. The summed E-state index contributed by atoms with van der Waals surface area (Å²) in [5, 5.41) is 4.35. The quantitative estimate of drug-likeness (QED) is 0.774. The number of rotatable bonds is 4. The van der Waals surface area contributed by atoms with E-state index in [0.717, 1.165) is 24.1 Å². The maximum atomic E-state index is 4.47. The minimum Gasteiger partial charge on any atom is -0.248 e.